The van der Waals surface area contributed by atoms with Crippen molar-refractivity contribution in [3.63, 3.8) is 0 Å². The first-order valence-corrected chi connectivity index (χ1v) is 10.0. The van der Waals surface area contributed by atoms with Crippen LogP contribution in [0.3, 0.4) is 0 Å². The Balaban J connectivity index is 1.54. The lowest BCUT2D eigenvalue weighted by Gasteiger charge is -2.44. The fourth-order valence-corrected chi connectivity index (χ4v) is 3.74. The third-order valence-electron chi connectivity index (χ3n) is 5.35. The molecule has 0 unspecified atom stereocenters. The lowest BCUT2D eigenvalue weighted by molar-refractivity contribution is -0.139. The van der Waals surface area contributed by atoms with Crippen LogP contribution < -0.4 is 4.74 Å². The van der Waals surface area contributed by atoms with Crippen LogP contribution in [0.1, 0.15) is 25.0 Å². The largest absolute Gasteiger partial charge is 0.484 e. The van der Waals surface area contributed by atoms with Gasteiger partial charge >= 0.3 is 5.97 Å². The van der Waals surface area contributed by atoms with E-state index in [4.69, 9.17) is 9.84 Å². The fourth-order valence-electron chi connectivity index (χ4n) is 3.74. The number of hydrogen-bond acceptors (Lipinski definition) is 4. The zero-order chi connectivity index (χ0) is 21.7. The molecule has 1 amide bonds. The average Bonchev–Trinajstić information content (AvgIpc) is 2.70. The van der Waals surface area contributed by atoms with Crippen LogP contribution in [0.2, 0.25) is 0 Å². The van der Waals surface area contributed by atoms with Crippen LogP contribution in [0.4, 0.5) is 4.39 Å². The average molecular weight is 414 g/mol. The van der Waals surface area contributed by atoms with Gasteiger partial charge in [0, 0.05) is 31.7 Å². The van der Waals surface area contributed by atoms with Crippen LogP contribution in [0, 0.1) is 5.82 Å². The van der Waals surface area contributed by atoms with Gasteiger partial charge in [-0.25, -0.2) is 4.39 Å². The Morgan fingerprint density at radius 3 is 2.50 bits per heavy atom. The number of amides is 1. The molecule has 0 bridgehead atoms. The normalized spacial score (nSPS) is 19.5. The minimum absolute atomic E-state index is 0.0242. The maximum atomic E-state index is 13.1. The first-order valence-electron chi connectivity index (χ1n) is 10.0. The number of carbonyl (C=O) groups is 2. The molecule has 2 aromatic rings. The minimum atomic E-state index is -0.912. The maximum absolute atomic E-state index is 13.1. The number of ether oxygens (including phenoxy) is 1. The van der Waals surface area contributed by atoms with Crippen LogP contribution in [-0.2, 0) is 22.6 Å². The monoisotopic (exact) mass is 414 g/mol. The molecular formula is C23H27FN2O4. The van der Waals surface area contributed by atoms with Gasteiger partial charge in [-0.15, -0.1) is 0 Å². The predicted octanol–water partition coefficient (Wildman–Crippen LogP) is 2.95. The number of carboxylic acids is 1. The van der Waals surface area contributed by atoms with E-state index in [0.29, 0.717) is 24.4 Å². The summed E-state index contributed by atoms with van der Waals surface area (Å²) in [4.78, 5) is 27.7. The van der Waals surface area contributed by atoms with Crippen LogP contribution in [0.5, 0.6) is 5.75 Å². The van der Waals surface area contributed by atoms with E-state index in [1.54, 1.807) is 36.4 Å². The third kappa shape index (κ3) is 5.79. The van der Waals surface area contributed by atoms with Crippen LogP contribution in [0.25, 0.3) is 0 Å². The Kier molecular flexibility index (Phi) is 7.05. The number of halogens is 1. The molecule has 30 heavy (non-hydrogen) atoms. The van der Waals surface area contributed by atoms with E-state index >= 15 is 0 Å². The number of rotatable bonds is 7. The SMILES string of the molecule is C[C@@H]1CN(C(=O)COc2cccc(CC(=O)O)c2)[C@@H](C)CN1Cc1ccc(F)cc1. The zero-order valence-corrected chi connectivity index (χ0v) is 17.3. The summed E-state index contributed by atoms with van der Waals surface area (Å²) in [6.07, 6.45) is -0.0876. The van der Waals surface area contributed by atoms with Gasteiger partial charge in [0.05, 0.1) is 6.42 Å². The second kappa shape index (κ2) is 9.71. The molecule has 1 aliphatic rings. The predicted molar refractivity (Wildman–Crippen MR) is 111 cm³/mol. The molecule has 6 nitrogen and oxygen atoms in total. The quantitative estimate of drug-likeness (QED) is 0.754. The lowest BCUT2D eigenvalue weighted by atomic mass is 10.1. The van der Waals surface area contributed by atoms with Gasteiger partial charge in [0.25, 0.3) is 5.91 Å². The van der Waals surface area contributed by atoms with Gasteiger partial charge in [0.15, 0.2) is 6.61 Å². The molecule has 3 rings (SSSR count). The van der Waals surface area contributed by atoms with Crippen molar-refractivity contribution < 1.29 is 23.8 Å². The molecule has 0 saturated carbocycles. The number of piperazine rings is 1. The lowest BCUT2D eigenvalue weighted by Crippen LogP contribution is -2.58. The molecule has 0 aromatic heterocycles. The van der Waals surface area contributed by atoms with Crippen molar-refractivity contribution in [2.75, 3.05) is 19.7 Å². The van der Waals surface area contributed by atoms with E-state index in [0.717, 1.165) is 12.1 Å². The second-order valence-electron chi connectivity index (χ2n) is 7.81. The summed E-state index contributed by atoms with van der Waals surface area (Å²) >= 11 is 0. The van der Waals surface area contributed by atoms with Crippen molar-refractivity contribution in [2.24, 2.45) is 0 Å². The molecule has 1 heterocycles. The highest BCUT2D eigenvalue weighted by molar-refractivity contribution is 5.78. The molecule has 2 atom stereocenters. The summed E-state index contributed by atoms with van der Waals surface area (Å²) in [7, 11) is 0. The summed E-state index contributed by atoms with van der Waals surface area (Å²) < 4.78 is 18.7. The Bertz CT molecular complexity index is 887. The Hall–Kier alpha value is -2.93. The van der Waals surface area contributed by atoms with Crippen LogP contribution in [0.15, 0.2) is 48.5 Å². The number of carboxylic acid groups (broad SMARTS) is 1. The van der Waals surface area contributed by atoms with E-state index in [1.165, 1.54) is 12.1 Å². The first-order chi connectivity index (χ1) is 14.3. The highest BCUT2D eigenvalue weighted by atomic mass is 19.1. The summed E-state index contributed by atoms with van der Waals surface area (Å²) in [6.45, 7) is 6.01. The van der Waals surface area contributed by atoms with E-state index in [-0.39, 0.29) is 36.8 Å². The Morgan fingerprint density at radius 2 is 1.80 bits per heavy atom. The summed E-state index contributed by atoms with van der Waals surface area (Å²) in [5.74, 6) is -0.772. The van der Waals surface area contributed by atoms with Gasteiger partial charge in [-0.05, 0) is 49.2 Å². The van der Waals surface area contributed by atoms with Crippen molar-refractivity contribution in [1.29, 1.82) is 0 Å². The Morgan fingerprint density at radius 1 is 1.07 bits per heavy atom. The fraction of sp³-hybridized carbons (Fsp3) is 0.391. The van der Waals surface area contributed by atoms with Crippen molar-refractivity contribution in [3.8, 4) is 5.75 Å². The summed E-state index contributed by atoms with van der Waals surface area (Å²) in [6, 6.07) is 13.5. The molecule has 1 saturated heterocycles. The maximum Gasteiger partial charge on any atom is 0.307 e. The van der Waals surface area contributed by atoms with Gasteiger partial charge in [0.2, 0.25) is 0 Å². The zero-order valence-electron chi connectivity index (χ0n) is 17.3. The second-order valence-corrected chi connectivity index (χ2v) is 7.81. The standard InChI is InChI=1S/C23H27FN2O4/c1-16-13-26(17(2)12-25(16)14-18-6-8-20(24)9-7-18)22(27)15-30-21-5-3-4-19(10-21)11-23(28)29/h3-10,16-17H,11-15H2,1-2H3,(H,28,29)/t16-,17+/m1/s1. The summed E-state index contributed by atoms with van der Waals surface area (Å²) in [5.41, 5.74) is 1.67. The van der Waals surface area contributed by atoms with E-state index < -0.39 is 5.97 Å². The van der Waals surface area contributed by atoms with Crippen LogP contribution >= 0.6 is 0 Å². The number of carbonyl (C=O) groups excluding carboxylic acids is 1. The van der Waals surface area contributed by atoms with E-state index in [1.807, 2.05) is 11.8 Å². The molecule has 0 aliphatic carbocycles. The van der Waals surface area contributed by atoms with Crippen molar-refractivity contribution in [3.05, 3.63) is 65.5 Å². The third-order valence-corrected chi connectivity index (χ3v) is 5.35. The molecule has 160 valence electrons. The summed E-state index contributed by atoms with van der Waals surface area (Å²) in [5, 5.41) is 8.90. The number of nitrogens with zero attached hydrogens (tertiary/aromatic N) is 2. The number of hydrogen-bond donors (Lipinski definition) is 1. The topological polar surface area (TPSA) is 70.1 Å². The Labute approximate surface area is 175 Å². The smallest absolute Gasteiger partial charge is 0.307 e. The van der Waals surface area contributed by atoms with Gasteiger partial charge in [0.1, 0.15) is 11.6 Å². The number of aliphatic carboxylic acids is 1. The molecule has 7 heteroatoms. The highest BCUT2D eigenvalue weighted by Gasteiger charge is 2.32. The molecule has 0 radical (unpaired) electrons. The van der Waals surface area contributed by atoms with Crippen LogP contribution in [-0.4, -0.2) is 58.6 Å². The molecule has 1 fully saturated rings. The molecule has 2 aromatic carbocycles. The first kappa shape index (κ1) is 21.8. The van der Waals surface area contributed by atoms with Gasteiger partial charge in [-0.1, -0.05) is 24.3 Å². The number of benzene rings is 2. The molecular weight excluding hydrogens is 387 g/mol. The minimum Gasteiger partial charge on any atom is -0.484 e. The van der Waals surface area contributed by atoms with E-state index in [2.05, 4.69) is 11.8 Å². The van der Waals surface area contributed by atoms with Crippen molar-refractivity contribution in [1.82, 2.24) is 9.80 Å². The van der Waals surface area contributed by atoms with E-state index in [9.17, 15) is 14.0 Å². The molecule has 1 aliphatic heterocycles. The van der Waals surface area contributed by atoms with Gasteiger partial charge in [-0.3, -0.25) is 14.5 Å². The van der Waals surface area contributed by atoms with Gasteiger partial charge in [-0.2, -0.15) is 0 Å². The van der Waals surface area contributed by atoms with Crippen molar-refractivity contribution >= 4 is 11.9 Å². The highest BCUT2D eigenvalue weighted by Crippen LogP contribution is 2.19. The van der Waals surface area contributed by atoms with Crippen molar-refractivity contribution in [2.45, 2.75) is 38.9 Å². The van der Waals surface area contributed by atoms with Gasteiger partial charge < -0.3 is 14.7 Å². The molecule has 1 N–H and O–H groups in total. The molecule has 0 spiro atoms.